The first-order valence-electron chi connectivity index (χ1n) is 8.04. The van der Waals surface area contributed by atoms with Crippen LogP contribution in [0, 0.1) is 0 Å². The Kier molecular flexibility index (Phi) is 4.96. The Morgan fingerprint density at radius 3 is 2.70 bits per heavy atom. The van der Waals surface area contributed by atoms with Gasteiger partial charge < -0.3 is 25.2 Å². The Morgan fingerprint density at radius 1 is 1.26 bits per heavy atom. The van der Waals surface area contributed by atoms with Crippen LogP contribution in [-0.4, -0.2) is 69.9 Å². The summed E-state index contributed by atoms with van der Waals surface area (Å²) in [6.07, 6.45) is 0.165. The lowest BCUT2D eigenvalue weighted by atomic mass is 9.98. The molecule has 23 heavy (non-hydrogen) atoms. The molecule has 128 valence electrons. The smallest absolute Gasteiger partial charge is 0.292 e. The lowest BCUT2D eigenvalue weighted by Crippen LogP contribution is -2.62. The van der Waals surface area contributed by atoms with E-state index in [0.29, 0.717) is 6.04 Å². The molecular formula is C16H25N2O5+. The number of likely N-dealkylation sites (tertiary alicyclic amines) is 1. The van der Waals surface area contributed by atoms with E-state index in [1.165, 1.54) is 0 Å². The van der Waals surface area contributed by atoms with Crippen LogP contribution in [0.4, 0.5) is 0 Å². The van der Waals surface area contributed by atoms with Crippen molar-refractivity contribution in [3.8, 4) is 0 Å². The molecule has 7 heteroatoms. The van der Waals surface area contributed by atoms with Gasteiger partial charge in [0.25, 0.3) is 6.23 Å². The molecule has 0 spiro atoms. The molecule has 0 aliphatic carbocycles. The molecule has 2 aliphatic rings. The van der Waals surface area contributed by atoms with E-state index in [9.17, 15) is 20.4 Å². The quantitative estimate of drug-likeness (QED) is 0.517. The first-order valence-corrected chi connectivity index (χ1v) is 8.04. The summed E-state index contributed by atoms with van der Waals surface area (Å²) in [6.45, 7) is 0.632. The van der Waals surface area contributed by atoms with Crippen LogP contribution in [-0.2, 0) is 4.74 Å². The van der Waals surface area contributed by atoms with Crippen LogP contribution in [0.25, 0.3) is 0 Å². The largest absolute Gasteiger partial charge is 0.394 e. The van der Waals surface area contributed by atoms with Crippen LogP contribution in [0.3, 0.4) is 0 Å². The highest BCUT2D eigenvalue weighted by molar-refractivity contribution is 5.13. The van der Waals surface area contributed by atoms with Crippen LogP contribution >= 0.6 is 0 Å². The van der Waals surface area contributed by atoms with E-state index in [-0.39, 0.29) is 0 Å². The second-order valence-corrected chi connectivity index (χ2v) is 6.44. The maximum Gasteiger partial charge on any atom is 0.292 e. The second-order valence-electron chi connectivity index (χ2n) is 6.44. The third-order valence-corrected chi connectivity index (χ3v) is 4.91. The van der Waals surface area contributed by atoms with Gasteiger partial charge in [0.05, 0.1) is 6.61 Å². The van der Waals surface area contributed by atoms with Crippen molar-refractivity contribution in [3.05, 3.63) is 30.1 Å². The van der Waals surface area contributed by atoms with Crippen LogP contribution in [0.15, 0.2) is 24.5 Å². The summed E-state index contributed by atoms with van der Waals surface area (Å²) in [7, 11) is 2.09. The molecule has 0 aromatic carbocycles. The number of hydrogen-bond donors (Lipinski definition) is 4. The number of aliphatic hydroxyl groups excluding tert-OH is 4. The summed E-state index contributed by atoms with van der Waals surface area (Å²) in [5.41, 5.74) is 1.12. The van der Waals surface area contributed by atoms with Crippen molar-refractivity contribution in [1.82, 2.24) is 4.90 Å². The van der Waals surface area contributed by atoms with Crippen molar-refractivity contribution in [2.24, 2.45) is 0 Å². The summed E-state index contributed by atoms with van der Waals surface area (Å²) in [4.78, 5) is 2.28. The van der Waals surface area contributed by atoms with Gasteiger partial charge in [-0.1, -0.05) is 0 Å². The summed E-state index contributed by atoms with van der Waals surface area (Å²) in [5.74, 6) is 0. The zero-order valence-corrected chi connectivity index (χ0v) is 13.2. The van der Waals surface area contributed by atoms with Crippen molar-refractivity contribution in [1.29, 1.82) is 0 Å². The van der Waals surface area contributed by atoms with E-state index in [4.69, 9.17) is 4.74 Å². The highest BCUT2D eigenvalue weighted by Crippen LogP contribution is 2.30. The number of hydrogen-bond acceptors (Lipinski definition) is 6. The fourth-order valence-corrected chi connectivity index (χ4v) is 3.53. The summed E-state index contributed by atoms with van der Waals surface area (Å²) in [6, 6.07) is 4.24. The predicted molar refractivity (Wildman–Crippen MR) is 80.3 cm³/mol. The Balaban J connectivity index is 1.85. The van der Waals surface area contributed by atoms with Gasteiger partial charge in [-0.2, -0.15) is 4.57 Å². The topological polar surface area (TPSA) is 97.3 Å². The van der Waals surface area contributed by atoms with Gasteiger partial charge in [0.2, 0.25) is 0 Å². The monoisotopic (exact) mass is 325 g/mol. The molecule has 0 saturated carbocycles. The zero-order chi connectivity index (χ0) is 16.6. The number of aliphatic hydroxyl groups is 4. The van der Waals surface area contributed by atoms with Gasteiger partial charge in [0.1, 0.15) is 18.3 Å². The van der Waals surface area contributed by atoms with Gasteiger partial charge in [-0.05, 0) is 32.5 Å². The van der Waals surface area contributed by atoms with E-state index in [1.54, 1.807) is 10.8 Å². The minimum Gasteiger partial charge on any atom is -0.394 e. The molecule has 7 nitrogen and oxygen atoms in total. The number of pyridine rings is 1. The van der Waals surface area contributed by atoms with Gasteiger partial charge in [-0.15, -0.1) is 0 Å². The Hall–Kier alpha value is -1.09. The van der Waals surface area contributed by atoms with E-state index >= 15 is 0 Å². The molecule has 6 atom stereocenters. The summed E-state index contributed by atoms with van der Waals surface area (Å²) < 4.78 is 7.30. The van der Waals surface area contributed by atoms with Gasteiger partial charge in [-0.25, -0.2) is 0 Å². The van der Waals surface area contributed by atoms with Crippen LogP contribution < -0.4 is 4.57 Å². The molecule has 0 bridgehead atoms. The minimum absolute atomic E-state index is 0.326. The lowest BCUT2D eigenvalue weighted by Gasteiger charge is -2.36. The predicted octanol–water partition coefficient (Wildman–Crippen LogP) is -1.29. The first-order chi connectivity index (χ1) is 11.0. The average molecular weight is 325 g/mol. The standard InChI is InChI=1S/C16H25N2O5/c1-17-6-3-5-11(17)10-4-2-7-18(8-10)16-15(22)14(21)13(20)12(9-19)23-16/h2,4,7-8,11-16,19-22H,3,5-6,9H2,1H3/q+1/t11?,12?,13-,14+,15?,16?/m1/s1. The van der Waals surface area contributed by atoms with Crippen LogP contribution in [0.2, 0.25) is 0 Å². The molecule has 3 rings (SSSR count). The molecule has 4 N–H and O–H groups in total. The Morgan fingerprint density at radius 2 is 2.04 bits per heavy atom. The molecule has 4 unspecified atom stereocenters. The van der Waals surface area contributed by atoms with Gasteiger partial charge >= 0.3 is 0 Å². The van der Waals surface area contributed by atoms with Crippen molar-refractivity contribution in [2.75, 3.05) is 20.2 Å². The fraction of sp³-hybridized carbons (Fsp3) is 0.688. The van der Waals surface area contributed by atoms with E-state index in [2.05, 4.69) is 11.9 Å². The second kappa shape index (κ2) is 6.80. The van der Waals surface area contributed by atoms with Crippen molar-refractivity contribution >= 4 is 0 Å². The van der Waals surface area contributed by atoms with Gasteiger partial charge in [-0.3, -0.25) is 4.90 Å². The summed E-state index contributed by atoms with van der Waals surface area (Å²) in [5, 5.41) is 39.3. The molecular weight excluding hydrogens is 300 g/mol. The Bertz CT molecular complexity index is 541. The number of aromatic nitrogens is 1. The lowest BCUT2D eigenvalue weighted by molar-refractivity contribution is -0.778. The molecule has 3 heterocycles. The van der Waals surface area contributed by atoms with E-state index in [1.807, 2.05) is 18.3 Å². The highest BCUT2D eigenvalue weighted by atomic mass is 16.6. The molecule has 1 aromatic rings. The minimum atomic E-state index is -1.36. The first kappa shape index (κ1) is 16.8. The molecule has 2 aliphatic heterocycles. The van der Waals surface area contributed by atoms with Crippen LogP contribution in [0.5, 0.6) is 0 Å². The third kappa shape index (κ3) is 3.13. The fourth-order valence-electron chi connectivity index (χ4n) is 3.53. The van der Waals surface area contributed by atoms with Crippen molar-refractivity contribution < 1.29 is 29.7 Å². The van der Waals surface area contributed by atoms with Crippen LogP contribution in [0.1, 0.15) is 30.7 Å². The van der Waals surface area contributed by atoms with Gasteiger partial charge in [0, 0.05) is 17.7 Å². The highest BCUT2D eigenvalue weighted by Gasteiger charge is 2.48. The number of nitrogens with zero attached hydrogens (tertiary/aromatic N) is 2. The molecule has 2 fully saturated rings. The normalized spacial score (nSPS) is 38.8. The molecule has 1 aromatic heterocycles. The van der Waals surface area contributed by atoms with Crippen molar-refractivity contribution in [2.45, 2.75) is 49.5 Å². The number of ether oxygens (including phenoxy) is 1. The maximum atomic E-state index is 10.2. The average Bonchev–Trinajstić information content (AvgIpc) is 2.99. The zero-order valence-electron chi connectivity index (χ0n) is 13.2. The number of rotatable bonds is 3. The maximum absolute atomic E-state index is 10.2. The third-order valence-electron chi connectivity index (χ3n) is 4.91. The van der Waals surface area contributed by atoms with Gasteiger partial charge in [0.15, 0.2) is 18.5 Å². The molecule has 0 radical (unpaired) electrons. The molecule has 2 saturated heterocycles. The summed E-state index contributed by atoms with van der Waals surface area (Å²) >= 11 is 0. The van der Waals surface area contributed by atoms with E-state index in [0.717, 1.165) is 24.9 Å². The SMILES string of the molecule is CN1CCCC1c1ccc[n+](C2OC(CO)[C@@H](O)[C@H](O)C2O)c1. The van der Waals surface area contributed by atoms with Crippen molar-refractivity contribution in [3.63, 3.8) is 0 Å². The van der Waals surface area contributed by atoms with E-state index < -0.39 is 37.3 Å². The molecule has 0 amide bonds. The Labute approximate surface area is 135 Å².